The molecule has 1 heterocycles. The van der Waals surface area contributed by atoms with Gasteiger partial charge < -0.3 is 10.6 Å². The molecule has 3 nitrogen and oxygen atoms in total. The highest BCUT2D eigenvalue weighted by Crippen LogP contribution is 2.25. The van der Waals surface area contributed by atoms with E-state index in [1.807, 2.05) is 0 Å². The second-order valence-electron chi connectivity index (χ2n) is 4.57. The van der Waals surface area contributed by atoms with E-state index in [0.717, 1.165) is 25.8 Å². The zero-order valence-electron chi connectivity index (χ0n) is 8.94. The molecule has 1 atom stereocenters. The van der Waals surface area contributed by atoms with Gasteiger partial charge in [-0.25, -0.2) is 0 Å². The molecular weight excluding hydrogens is 176 g/mol. The number of amides is 1. The lowest BCUT2D eigenvalue weighted by molar-refractivity contribution is -0.128. The van der Waals surface area contributed by atoms with Gasteiger partial charge in [0.15, 0.2) is 0 Å². The Morgan fingerprint density at radius 3 is 2.71 bits per heavy atom. The second-order valence-corrected chi connectivity index (χ2v) is 4.57. The van der Waals surface area contributed by atoms with Crippen LogP contribution in [0.15, 0.2) is 0 Å². The molecule has 0 aromatic carbocycles. The van der Waals surface area contributed by atoms with Crippen LogP contribution in [0.4, 0.5) is 0 Å². The van der Waals surface area contributed by atoms with Crippen LogP contribution in [0.5, 0.6) is 0 Å². The first-order valence-electron chi connectivity index (χ1n) is 5.83. The van der Waals surface area contributed by atoms with Crippen molar-refractivity contribution in [3.05, 3.63) is 0 Å². The van der Waals surface area contributed by atoms with E-state index in [9.17, 15) is 4.79 Å². The van der Waals surface area contributed by atoms with E-state index in [2.05, 4.69) is 17.6 Å². The highest BCUT2D eigenvalue weighted by Gasteiger charge is 2.40. The monoisotopic (exact) mass is 196 g/mol. The van der Waals surface area contributed by atoms with Crippen LogP contribution < -0.4 is 10.6 Å². The van der Waals surface area contributed by atoms with Gasteiger partial charge in [0.25, 0.3) is 0 Å². The number of nitrogens with one attached hydrogen (secondary N) is 2. The normalized spacial score (nSPS) is 32.6. The van der Waals surface area contributed by atoms with Gasteiger partial charge in [0.1, 0.15) is 0 Å². The number of carbonyl (C=O) groups excluding carboxylic acids is 1. The smallest absolute Gasteiger partial charge is 0.240 e. The Bertz CT molecular complexity index is 217. The van der Waals surface area contributed by atoms with E-state index < -0.39 is 0 Å². The average molecular weight is 196 g/mol. The molecule has 14 heavy (non-hydrogen) atoms. The first-order valence-corrected chi connectivity index (χ1v) is 5.83. The molecule has 1 amide bonds. The van der Waals surface area contributed by atoms with Gasteiger partial charge in [-0.3, -0.25) is 4.79 Å². The molecule has 2 N–H and O–H groups in total. The van der Waals surface area contributed by atoms with Gasteiger partial charge in [0.05, 0.1) is 5.54 Å². The fourth-order valence-corrected chi connectivity index (χ4v) is 2.34. The summed E-state index contributed by atoms with van der Waals surface area (Å²) >= 11 is 0. The Kier molecular flexibility index (Phi) is 2.77. The second kappa shape index (κ2) is 3.89. The third kappa shape index (κ3) is 1.65. The van der Waals surface area contributed by atoms with Crippen molar-refractivity contribution in [3.8, 4) is 0 Å². The summed E-state index contributed by atoms with van der Waals surface area (Å²) in [6.45, 7) is 3.09. The minimum atomic E-state index is -0.240. The number of hydrogen-bond donors (Lipinski definition) is 2. The standard InChI is InChI=1S/C11H20N2O/c1-2-11(7-4-8-12-11)10(14)13-9-5-3-6-9/h9,12H,2-8H2,1H3,(H,13,14). The zero-order valence-corrected chi connectivity index (χ0v) is 8.94. The fraction of sp³-hybridized carbons (Fsp3) is 0.909. The summed E-state index contributed by atoms with van der Waals surface area (Å²) < 4.78 is 0. The van der Waals surface area contributed by atoms with E-state index in [1.165, 1.54) is 19.3 Å². The maximum Gasteiger partial charge on any atom is 0.240 e. The summed E-state index contributed by atoms with van der Waals surface area (Å²) in [5, 5.41) is 6.51. The number of rotatable bonds is 3. The summed E-state index contributed by atoms with van der Waals surface area (Å²) in [4.78, 5) is 12.0. The topological polar surface area (TPSA) is 41.1 Å². The van der Waals surface area contributed by atoms with Gasteiger partial charge in [-0.15, -0.1) is 0 Å². The van der Waals surface area contributed by atoms with Gasteiger partial charge in [-0.05, 0) is 45.1 Å². The van der Waals surface area contributed by atoms with Crippen LogP contribution in [0.3, 0.4) is 0 Å². The van der Waals surface area contributed by atoms with Crippen LogP contribution in [0, 0.1) is 0 Å². The van der Waals surface area contributed by atoms with Gasteiger partial charge >= 0.3 is 0 Å². The largest absolute Gasteiger partial charge is 0.352 e. The SMILES string of the molecule is CCC1(C(=O)NC2CCC2)CCCN1. The molecule has 1 saturated heterocycles. The minimum Gasteiger partial charge on any atom is -0.352 e. The zero-order chi connectivity index (χ0) is 10.0. The summed E-state index contributed by atoms with van der Waals surface area (Å²) in [6, 6.07) is 0.466. The molecule has 2 fully saturated rings. The van der Waals surface area contributed by atoms with E-state index in [4.69, 9.17) is 0 Å². The Balaban J connectivity index is 1.92. The Morgan fingerprint density at radius 2 is 2.29 bits per heavy atom. The van der Waals surface area contributed by atoms with Crippen molar-refractivity contribution in [2.75, 3.05) is 6.54 Å². The van der Waals surface area contributed by atoms with Gasteiger partial charge in [-0.2, -0.15) is 0 Å². The van der Waals surface area contributed by atoms with Crippen LogP contribution >= 0.6 is 0 Å². The molecule has 2 rings (SSSR count). The Hall–Kier alpha value is -0.570. The van der Waals surface area contributed by atoms with Crippen LogP contribution in [-0.4, -0.2) is 24.0 Å². The van der Waals surface area contributed by atoms with Crippen molar-refractivity contribution in [2.45, 2.75) is 57.0 Å². The van der Waals surface area contributed by atoms with Crippen molar-refractivity contribution < 1.29 is 4.79 Å². The minimum absolute atomic E-state index is 0.238. The van der Waals surface area contributed by atoms with Gasteiger partial charge in [0.2, 0.25) is 5.91 Å². The predicted octanol–water partition coefficient (Wildman–Crippen LogP) is 1.19. The summed E-state index contributed by atoms with van der Waals surface area (Å²) in [5.41, 5.74) is -0.240. The van der Waals surface area contributed by atoms with Crippen molar-refractivity contribution in [2.24, 2.45) is 0 Å². The number of carbonyl (C=O) groups is 1. The molecule has 0 bridgehead atoms. The third-order valence-electron chi connectivity index (χ3n) is 3.72. The summed E-state index contributed by atoms with van der Waals surface area (Å²) in [7, 11) is 0. The van der Waals surface area contributed by atoms with Crippen molar-refractivity contribution in [1.82, 2.24) is 10.6 Å². The molecule has 2 aliphatic rings. The highest BCUT2D eigenvalue weighted by atomic mass is 16.2. The molecule has 1 aliphatic heterocycles. The fourth-order valence-electron chi connectivity index (χ4n) is 2.34. The molecule has 1 unspecified atom stereocenters. The molecule has 1 aliphatic carbocycles. The maximum atomic E-state index is 12.0. The first-order chi connectivity index (χ1) is 6.77. The van der Waals surface area contributed by atoms with Gasteiger partial charge in [-0.1, -0.05) is 6.92 Å². The average Bonchev–Trinajstić information content (AvgIpc) is 2.60. The Morgan fingerprint density at radius 1 is 1.50 bits per heavy atom. The first kappa shape index (κ1) is 9.97. The Labute approximate surface area is 85.6 Å². The predicted molar refractivity (Wildman–Crippen MR) is 56.0 cm³/mol. The van der Waals surface area contributed by atoms with Crippen molar-refractivity contribution in [3.63, 3.8) is 0 Å². The van der Waals surface area contributed by atoms with E-state index in [0.29, 0.717) is 6.04 Å². The van der Waals surface area contributed by atoms with Gasteiger partial charge in [0, 0.05) is 6.04 Å². The molecule has 80 valence electrons. The molecule has 3 heteroatoms. The van der Waals surface area contributed by atoms with Crippen molar-refractivity contribution in [1.29, 1.82) is 0 Å². The van der Waals surface area contributed by atoms with E-state index in [-0.39, 0.29) is 11.4 Å². The molecule has 0 aromatic rings. The molecule has 1 saturated carbocycles. The lowest BCUT2D eigenvalue weighted by atomic mass is 9.89. The van der Waals surface area contributed by atoms with E-state index >= 15 is 0 Å². The maximum absolute atomic E-state index is 12.0. The summed E-state index contributed by atoms with van der Waals surface area (Å²) in [6.07, 6.45) is 6.66. The van der Waals surface area contributed by atoms with Crippen LogP contribution in [0.2, 0.25) is 0 Å². The molecule has 0 radical (unpaired) electrons. The van der Waals surface area contributed by atoms with E-state index in [1.54, 1.807) is 0 Å². The molecule has 0 aromatic heterocycles. The van der Waals surface area contributed by atoms with Crippen LogP contribution in [0.1, 0.15) is 45.4 Å². The van der Waals surface area contributed by atoms with Crippen LogP contribution in [-0.2, 0) is 4.79 Å². The summed E-state index contributed by atoms with van der Waals surface area (Å²) in [5.74, 6) is 0.238. The van der Waals surface area contributed by atoms with Crippen LogP contribution in [0.25, 0.3) is 0 Å². The quantitative estimate of drug-likeness (QED) is 0.712. The lowest BCUT2D eigenvalue weighted by Gasteiger charge is -2.33. The third-order valence-corrected chi connectivity index (χ3v) is 3.72. The molecule has 0 spiro atoms. The van der Waals surface area contributed by atoms with Crippen molar-refractivity contribution >= 4 is 5.91 Å². The lowest BCUT2D eigenvalue weighted by Crippen LogP contribution is -2.56. The number of hydrogen-bond acceptors (Lipinski definition) is 2. The highest BCUT2D eigenvalue weighted by molar-refractivity contribution is 5.86. The molecular formula is C11H20N2O.